The van der Waals surface area contributed by atoms with Crippen molar-refractivity contribution in [3.8, 4) is 0 Å². The summed E-state index contributed by atoms with van der Waals surface area (Å²) in [5.41, 5.74) is 4.41. The lowest BCUT2D eigenvalue weighted by Crippen LogP contribution is -3.00. The molecule has 0 N–H and O–H groups in total. The molecule has 4 saturated carbocycles. The van der Waals surface area contributed by atoms with Gasteiger partial charge in [-0.15, -0.1) is 0 Å². The van der Waals surface area contributed by atoms with E-state index in [1.165, 1.54) is 55.4 Å². The molecule has 0 saturated heterocycles. The van der Waals surface area contributed by atoms with Crippen LogP contribution in [-0.4, -0.2) is 0 Å². The van der Waals surface area contributed by atoms with Crippen molar-refractivity contribution in [2.75, 3.05) is 0 Å². The molecule has 2 aromatic rings. The van der Waals surface area contributed by atoms with Crippen molar-refractivity contribution in [1.82, 2.24) is 0 Å². The Labute approximate surface area is 180 Å². The van der Waals surface area contributed by atoms with Gasteiger partial charge in [0.15, 0.2) is 12.7 Å². The maximum Gasteiger partial charge on any atom is 0.205 e. The van der Waals surface area contributed by atoms with Crippen molar-refractivity contribution >= 4 is 12.2 Å². The summed E-state index contributed by atoms with van der Waals surface area (Å²) in [6, 6.07) is 17.0. The fraction of sp³-hybridized carbons (Fsp3) is 0.423. The van der Waals surface area contributed by atoms with E-state index < -0.39 is 0 Å². The van der Waals surface area contributed by atoms with Crippen molar-refractivity contribution in [2.45, 2.75) is 45.1 Å². The molecule has 1 aromatic heterocycles. The second-order valence-electron chi connectivity index (χ2n) is 9.30. The number of benzene rings is 1. The third-order valence-corrected chi connectivity index (χ3v) is 7.37. The van der Waals surface area contributed by atoms with Gasteiger partial charge in [0.1, 0.15) is 0 Å². The first kappa shape index (κ1) is 19.6. The summed E-state index contributed by atoms with van der Waals surface area (Å²) in [7, 11) is 0. The number of aromatic nitrogens is 1. The summed E-state index contributed by atoms with van der Waals surface area (Å²) in [6.07, 6.45) is 15.4. The summed E-state index contributed by atoms with van der Waals surface area (Å²) in [5.74, 6) is 2.93. The van der Waals surface area contributed by atoms with Gasteiger partial charge >= 0.3 is 0 Å². The van der Waals surface area contributed by atoms with Crippen LogP contribution in [0.2, 0.25) is 0 Å². The summed E-state index contributed by atoms with van der Waals surface area (Å²) in [4.78, 5) is 0. The van der Waals surface area contributed by atoms with Crippen LogP contribution in [0, 0.1) is 23.2 Å². The lowest BCUT2D eigenvalue weighted by molar-refractivity contribution is -0.691. The van der Waals surface area contributed by atoms with Crippen molar-refractivity contribution in [1.29, 1.82) is 0 Å². The number of halogens is 1. The van der Waals surface area contributed by atoms with E-state index in [-0.39, 0.29) is 17.0 Å². The largest absolute Gasteiger partial charge is 1.00 e. The van der Waals surface area contributed by atoms with Crippen molar-refractivity contribution in [3.63, 3.8) is 0 Å². The van der Waals surface area contributed by atoms with Gasteiger partial charge in [-0.1, -0.05) is 36.9 Å². The van der Waals surface area contributed by atoms with E-state index in [1.54, 1.807) is 0 Å². The Morgan fingerprint density at radius 2 is 1.50 bits per heavy atom. The third-order valence-electron chi connectivity index (χ3n) is 7.37. The highest BCUT2D eigenvalue weighted by Crippen LogP contribution is 2.62. The molecule has 6 rings (SSSR count). The van der Waals surface area contributed by atoms with E-state index in [0.717, 1.165) is 24.3 Å². The highest BCUT2D eigenvalue weighted by Gasteiger charge is 2.52. The molecule has 0 aliphatic heterocycles. The number of pyridine rings is 1. The predicted octanol–water partition coefficient (Wildman–Crippen LogP) is 2.92. The Balaban J connectivity index is 0.00000192. The van der Waals surface area contributed by atoms with Gasteiger partial charge in [0, 0.05) is 18.2 Å². The first-order valence-electron chi connectivity index (χ1n) is 10.6. The van der Waals surface area contributed by atoms with Crippen LogP contribution < -0.4 is 21.5 Å². The highest BCUT2D eigenvalue weighted by molar-refractivity contribution is 5.66. The van der Waals surface area contributed by atoms with E-state index in [9.17, 15) is 0 Å². The lowest BCUT2D eigenvalue weighted by atomic mass is 9.48. The zero-order valence-electron chi connectivity index (χ0n) is 16.6. The Morgan fingerprint density at radius 1 is 0.893 bits per heavy atom. The van der Waals surface area contributed by atoms with Crippen LogP contribution in [0.4, 0.5) is 0 Å². The first-order chi connectivity index (χ1) is 13.2. The van der Waals surface area contributed by atoms with Gasteiger partial charge in [-0.25, -0.2) is 0 Å². The summed E-state index contributed by atoms with van der Waals surface area (Å²) in [6.45, 7) is 5.61. The fourth-order valence-corrected chi connectivity index (χ4v) is 6.45. The Morgan fingerprint density at radius 3 is 2.14 bits per heavy atom. The molecule has 0 atom stereocenters. The number of hydrogen-bond donors (Lipinski definition) is 0. The highest BCUT2D eigenvalue weighted by atomic mass is 79.9. The molecule has 4 aliphatic carbocycles. The zero-order chi connectivity index (χ0) is 18.3. The van der Waals surface area contributed by atoms with E-state index in [1.807, 2.05) is 0 Å². The smallest absolute Gasteiger partial charge is 0.205 e. The molecule has 1 nitrogen and oxygen atoms in total. The molecular weight excluding hydrogens is 406 g/mol. The molecule has 0 amide bonds. The second kappa shape index (κ2) is 7.99. The van der Waals surface area contributed by atoms with Crippen LogP contribution in [0.5, 0.6) is 0 Å². The molecule has 4 fully saturated rings. The van der Waals surface area contributed by atoms with Crippen molar-refractivity contribution < 1.29 is 21.5 Å². The van der Waals surface area contributed by atoms with Crippen LogP contribution in [-0.2, 0) is 6.54 Å². The van der Waals surface area contributed by atoms with Gasteiger partial charge in [-0.3, -0.25) is 0 Å². The number of hydrogen-bond acceptors (Lipinski definition) is 0. The van der Waals surface area contributed by atoms with Gasteiger partial charge in [-0.2, -0.15) is 4.57 Å². The molecular formula is C26H30BrN. The van der Waals surface area contributed by atoms with Gasteiger partial charge in [0.2, 0.25) is 5.69 Å². The van der Waals surface area contributed by atoms with Gasteiger partial charge in [0.25, 0.3) is 0 Å². The number of rotatable bonds is 5. The molecule has 0 spiro atoms. The summed E-state index contributed by atoms with van der Waals surface area (Å²) < 4.78 is 2.39. The molecule has 1 aromatic carbocycles. The van der Waals surface area contributed by atoms with Crippen LogP contribution in [0.15, 0.2) is 66.9 Å². The minimum Gasteiger partial charge on any atom is -1.00 e. The maximum atomic E-state index is 4.65. The SMILES string of the molecule is C=C(C[n+]1ccccc1/C=C/c1ccccc1)C12CC3CC(CC(C3)C1)C2.[Br-]. The monoisotopic (exact) mass is 435 g/mol. The van der Waals surface area contributed by atoms with Crippen LogP contribution in [0.3, 0.4) is 0 Å². The molecule has 4 aliphatic rings. The van der Waals surface area contributed by atoms with Gasteiger partial charge in [-0.05, 0) is 85.0 Å². The maximum absolute atomic E-state index is 4.65. The minimum absolute atomic E-state index is 0. The quantitative estimate of drug-likeness (QED) is 0.502. The number of allylic oxidation sites excluding steroid dienone is 1. The van der Waals surface area contributed by atoms with E-state index >= 15 is 0 Å². The van der Waals surface area contributed by atoms with Crippen LogP contribution in [0.1, 0.15) is 49.8 Å². The zero-order valence-corrected chi connectivity index (χ0v) is 18.2. The molecule has 0 radical (unpaired) electrons. The Hall–Kier alpha value is -1.67. The molecule has 0 unspecified atom stereocenters. The summed E-state index contributed by atoms with van der Waals surface area (Å²) >= 11 is 0. The normalized spacial score (nSPS) is 30.4. The van der Waals surface area contributed by atoms with E-state index in [0.29, 0.717) is 5.41 Å². The molecule has 4 bridgehead atoms. The van der Waals surface area contributed by atoms with Crippen molar-refractivity contribution in [3.05, 3.63) is 78.1 Å². The molecule has 1 heterocycles. The molecule has 28 heavy (non-hydrogen) atoms. The van der Waals surface area contributed by atoms with Crippen LogP contribution in [0.25, 0.3) is 12.2 Å². The standard InChI is InChI=1S/C26H30N.BrH/c1-20(26-16-22-13-23(17-26)15-24(14-22)18-26)19-27-12-6-5-9-25(27)11-10-21-7-3-2-4-8-21;/h2-12,22-24H,1,13-19H2;1H/q+1;/p-1/b11-10+;. The topological polar surface area (TPSA) is 3.88 Å². The minimum atomic E-state index is 0. The number of nitrogens with zero attached hydrogens (tertiary/aromatic N) is 1. The van der Waals surface area contributed by atoms with Crippen molar-refractivity contribution in [2.24, 2.45) is 23.2 Å². The third kappa shape index (κ3) is 3.76. The average Bonchev–Trinajstić information content (AvgIpc) is 2.67. The summed E-state index contributed by atoms with van der Waals surface area (Å²) in [5, 5.41) is 0. The van der Waals surface area contributed by atoms with E-state index in [4.69, 9.17) is 0 Å². The first-order valence-corrected chi connectivity index (χ1v) is 10.6. The van der Waals surface area contributed by atoms with Gasteiger partial charge in [0.05, 0.1) is 0 Å². The average molecular weight is 436 g/mol. The second-order valence-corrected chi connectivity index (χ2v) is 9.30. The molecule has 2 heteroatoms. The van der Waals surface area contributed by atoms with Crippen LogP contribution >= 0.6 is 0 Å². The predicted molar refractivity (Wildman–Crippen MR) is 112 cm³/mol. The lowest BCUT2D eigenvalue weighted by Gasteiger charge is -2.57. The molecule has 146 valence electrons. The Kier molecular flexibility index (Phi) is 5.60. The fourth-order valence-electron chi connectivity index (χ4n) is 6.45. The Bertz CT molecular complexity index is 832. The van der Waals surface area contributed by atoms with Gasteiger partial charge < -0.3 is 17.0 Å². The van der Waals surface area contributed by atoms with E-state index in [2.05, 4.69) is 78.0 Å².